The Morgan fingerprint density at radius 1 is 1.41 bits per heavy atom. The van der Waals surface area contributed by atoms with E-state index in [9.17, 15) is 9.59 Å². The van der Waals surface area contributed by atoms with Gasteiger partial charge in [-0.2, -0.15) is 0 Å². The van der Waals surface area contributed by atoms with E-state index in [-0.39, 0.29) is 12.6 Å². The van der Waals surface area contributed by atoms with Crippen molar-refractivity contribution in [1.29, 1.82) is 0 Å². The molecule has 1 aliphatic heterocycles. The molecule has 6 heteroatoms. The number of aliphatic carboxylic acids is 1. The predicted molar refractivity (Wildman–Crippen MR) is 61.8 cm³/mol. The number of rotatable bonds is 1. The zero-order chi connectivity index (χ0) is 13.2. The average Bonchev–Trinajstić information content (AvgIpc) is 2.14. The topological polar surface area (TPSA) is 78.9 Å². The molecule has 0 aromatic heterocycles. The molecule has 0 bridgehead atoms. The van der Waals surface area contributed by atoms with Gasteiger partial charge in [0.2, 0.25) is 0 Å². The Morgan fingerprint density at radius 2 is 2.00 bits per heavy atom. The van der Waals surface area contributed by atoms with Gasteiger partial charge in [-0.15, -0.1) is 0 Å². The Morgan fingerprint density at radius 3 is 2.47 bits per heavy atom. The van der Waals surface area contributed by atoms with E-state index in [4.69, 9.17) is 9.84 Å². The van der Waals surface area contributed by atoms with E-state index < -0.39 is 23.7 Å². The molecule has 1 fully saturated rings. The molecule has 0 aromatic rings. The number of hydrogen-bond acceptors (Lipinski definition) is 4. The molecule has 98 valence electrons. The van der Waals surface area contributed by atoms with Crippen molar-refractivity contribution in [2.75, 3.05) is 13.1 Å². The monoisotopic (exact) mass is 244 g/mol. The minimum absolute atomic E-state index is 0.0677. The molecule has 0 aromatic carbocycles. The average molecular weight is 244 g/mol. The normalized spacial score (nSPS) is 25.5. The number of carbonyl (C=O) groups is 2. The highest BCUT2D eigenvalue weighted by atomic mass is 16.6. The lowest BCUT2D eigenvalue weighted by atomic mass is 10.1. The zero-order valence-electron chi connectivity index (χ0n) is 10.7. The van der Waals surface area contributed by atoms with Crippen LogP contribution in [0.1, 0.15) is 27.7 Å². The number of hydrogen-bond donors (Lipinski definition) is 2. The minimum Gasteiger partial charge on any atom is -0.480 e. The predicted octanol–water partition coefficient (Wildman–Crippen LogP) is 0.668. The Balaban J connectivity index is 2.75. The molecule has 6 nitrogen and oxygen atoms in total. The highest BCUT2D eigenvalue weighted by Gasteiger charge is 2.36. The van der Waals surface area contributed by atoms with Crippen molar-refractivity contribution < 1.29 is 19.4 Å². The molecule has 0 aliphatic carbocycles. The number of carbonyl (C=O) groups excluding carboxylic acids is 1. The molecule has 0 spiro atoms. The molecule has 1 aliphatic rings. The highest BCUT2D eigenvalue weighted by Crippen LogP contribution is 2.14. The molecule has 0 saturated carbocycles. The van der Waals surface area contributed by atoms with Crippen LogP contribution >= 0.6 is 0 Å². The molecule has 2 N–H and O–H groups in total. The second-order valence-electron chi connectivity index (χ2n) is 5.30. The Hall–Kier alpha value is -1.30. The van der Waals surface area contributed by atoms with Crippen LogP contribution < -0.4 is 5.32 Å². The molecule has 1 heterocycles. The van der Waals surface area contributed by atoms with E-state index in [1.807, 2.05) is 6.92 Å². The molecule has 0 radical (unpaired) electrons. The summed E-state index contributed by atoms with van der Waals surface area (Å²) >= 11 is 0. The first kappa shape index (κ1) is 13.8. The second-order valence-corrected chi connectivity index (χ2v) is 5.30. The summed E-state index contributed by atoms with van der Waals surface area (Å²) in [4.78, 5) is 24.2. The SMILES string of the molecule is C[C@@H]1CN(C(=O)OC(C)(C)C)[C@@H](C(=O)O)CN1. The maximum atomic E-state index is 11.9. The standard InChI is InChI=1S/C11H20N2O4/c1-7-6-13(8(5-12-7)9(14)15)10(16)17-11(2,3)4/h7-8,12H,5-6H2,1-4H3,(H,14,15)/t7-,8-/m1/s1. The summed E-state index contributed by atoms with van der Waals surface area (Å²) in [6, 6.07) is -0.792. The van der Waals surface area contributed by atoms with Crippen LogP contribution in [-0.2, 0) is 9.53 Å². The summed E-state index contributed by atoms with van der Waals surface area (Å²) in [7, 11) is 0. The number of piperazine rings is 1. The summed E-state index contributed by atoms with van der Waals surface area (Å²) in [5, 5.41) is 12.1. The van der Waals surface area contributed by atoms with Crippen molar-refractivity contribution in [3.8, 4) is 0 Å². The number of carboxylic acids is 1. The fourth-order valence-corrected chi connectivity index (χ4v) is 1.65. The summed E-state index contributed by atoms with van der Waals surface area (Å²) in [5.41, 5.74) is -0.617. The second kappa shape index (κ2) is 4.91. The van der Waals surface area contributed by atoms with Gasteiger partial charge in [0, 0.05) is 19.1 Å². The van der Waals surface area contributed by atoms with Gasteiger partial charge in [0.25, 0.3) is 0 Å². The fraction of sp³-hybridized carbons (Fsp3) is 0.818. The Bertz CT molecular complexity index is 311. The largest absolute Gasteiger partial charge is 0.480 e. The Kier molecular flexibility index (Phi) is 3.98. The summed E-state index contributed by atoms with van der Waals surface area (Å²) in [6.45, 7) is 7.75. The van der Waals surface area contributed by atoms with Crippen LogP contribution in [0, 0.1) is 0 Å². The molecule has 1 rings (SSSR count). The maximum Gasteiger partial charge on any atom is 0.411 e. The van der Waals surface area contributed by atoms with E-state index in [1.54, 1.807) is 20.8 Å². The van der Waals surface area contributed by atoms with Crippen LogP contribution in [0.4, 0.5) is 4.79 Å². The number of ether oxygens (including phenoxy) is 1. The maximum absolute atomic E-state index is 11.9. The quantitative estimate of drug-likeness (QED) is 0.708. The van der Waals surface area contributed by atoms with Crippen molar-refractivity contribution in [2.24, 2.45) is 0 Å². The lowest BCUT2D eigenvalue weighted by Gasteiger charge is -2.37. The fourth-order valence-electron chi connectivity index (χ4n) is 1.65. The van der Waals surface area contributed by atoms with Gasteiger partial charge in [0.15, 0.2) is 0 Å². The zero-order valence-corrected chi connectivity index (χ0v) is 10.7. The minimum atomic E-state index is -1.02. The van der Waals surface area contributed by atoms with Gasteiger partial charge in [-0.1, -0.05) is 0 Å². The number of amides is 1. The van der Waals surface area contributed by atoms with E-state index in [1.165, 1.54) is 4.90 Å². The number of carboxylic acid groups (broad SMARTS) is 1. The van der Waals surface area contributed by atoms with Gasteiger partial charge < -0.3 is 15.2 Å². The van der Waals surface area contributed by atoms with E-state index in [2.05, 4.69) is 5.32 Å². The third kappa shape index (κ3) is 3.89. The van der Waals surface area contributed by atoms with Crippen molar-refractivity contribution >= 4 is 12.1 Å². The van der Waals surface area contributed by atoms with Crippen molar-refractivity contribution in [3.05, 3.63) is 0 Å². The molecular weight excluding hydrogens is 224 g/mol. The van der Waals surface area contributed by atoms with Gasteiger partial charge in [0.05, 0.1) is 0 Å². The van der Waals surface area contributed by atoms with Crippen molar-refractivity contribution in [3.63, 3.8) is 0 Å². The number of nitrogens with one attached hydrogen (secondary N) is 1. The summed E-state index contributed by atoms with van der Waals surface area (Å²) in [5.74, 6) is -1.02. The summed E-state index contributed by atoms with van der Waals surface area (Å²) in [6.07, 6.45) is -0.571. The van der Waals surface area contributed by atoms with Gasteiger partial charge in [-0.3, -0.25) is 4.90 Å². The third-order valence-electron chi connectivity index (χ3n) is 2.42. The van der Waals surface area contributed by atoms with Crippen molar-refractivity contribution in [1.82, 2.24) is 10.2 Å². The molecule has 1 amide bonds. The van der Waals surface area contributed by atoms with Gasteiger partial charge in [-0.25, -0.2) is 9.59 Å². The first-order valence-electron chi connectivity index (χ1n) is 5.66. The van der Waals surface area contributed by atoms with Crippen LogP contribution in [0.2, 0.25) is 0 Å². The first-order chi connectivity index (χ1) is 7.70. The van der Waals surface area contributed by atoms with Crippen LogP contribution in [0.15, 0.2) is 0 Å². The lowest BCUT2D eigenvalue weighted by molar-refractivity contribution is -0.144. The van der Waals surface area contributed by atoms with Gasteiger partial charge >= 0.3 is 12.1 Å². The molecule has 1 saturated heterocycles. The van der Waals surface area contributed by atoms with Gasteiger partial charge in [0.1, 0.15) is 11.6 Å². The first-order valence-corrected chi connectivity index (χ1v) is 5.66. The lowest BCUT2D eigenvalue weighted by Crippen LogP contribution is -2.60. The molecule has 0 unspecified atom stereocenters. The summed E-state index contributed by atoms with van der Waals surface area (Å²) < 4.78 is 5.20. The molecular formula is C11H20N2O4. The van der Waals surface area contributed by atoms with E-state index >= 15 is 0 Å². The van der Waals surface area contributed by atoms with Crippen LogP contribution in [0.25, 0.3) is 0 Å². The van der Waals surface area contributed by atoms with Crippen LogP contribution in [0.3, 0.4) is 0 Å². The third-order valence-corrected chi connectivity index (χ3v) is 2.42. The smallest absolute Gasteiger partial charge is 0.411 e. The Labute approximate surface area is 101 Å². The van der Waals surface area contributed by atoms with Crippen molar-refractivity contribution in [2.45, 2.75) is 45.4 Å². The van der Waals surface area contributed by atoms with Gasteiger partial charge in [-0.05, 0) is 27.7 Å². The van der Waals surface area contributed by atoms with E-state index in [0.717, 1.165) is 0 Å². The van der Waals surface area contributed by atoms with Crippen LogP contribution in [0.5, 0.6) is 0 Å². The number of nitrogens with zero attached hydrogens (tertiary/aromatic N) is 1. The van der Waals surface area contributed by atoms with Crippen LogP contribution in [-0.4, -0.2) is 52.8 Å². The highest BCUT2D eigenvalue weighted by molar-refractivity contribution is 5.80. The van der Waals surface area contributed by atoms with E-state index in [0.29, 0.717) is 6.54 Å². The molecule has 17 heavy (non-hydrogen) atoms. The molecule has 2 atom stereocenters.